The van der Waals surface area contributed by atoms with Crippen molar-refractivity contribution in [2.24, 2.45) is 0 Å². The largest absolute Gasteiger partial charge is 0.380 e. The highest BCUT2D eigenvalue weighted by Crippen LogP contribution is 2.37. The summed E-state index contributed by atoms with van der Waals surface area (Å²) in [6.45, 7) is 6.10. The van der Waals surface area contributed by atoms with Crippen molar-refractivity contribution in [1.29, 1.82) is 0 Å². The molecule has 2 amide bonds. The van der Waals surface area contributed by atoms with Gasteiger partial charge in [0.2, 0.25) is 0 Å². The summed E-state index contributed by atoms with van der Waals surface area (Å²) < 4.78 is 2.24. The van der Waals surface area contributed by atoms with Gasteiger partial charge in [-0.2, -0.15) is 0 Å². The van der Waals surface area contributed by atoms with E-state index in [1.54, 1.807) is 15.9 Å². The molecule has 1 N–H and O–H groups in total. The SMILES string of the molecule is CC(C)n1ccc2cc(-c3ccc(C(=O)N4CCN(C(=O)C5(O)CC5)CC4)cc3Cl)ccc21. The smallest absolute Gasteiger partial charge is 0.254 e. The van der Waals surface area contributed by atoms with Crippen LogP contribution in [0.15, 0.2) is 48.7 Å². The Morgan fingerprint density at radius 2 is 1.67 bits per heavy atom. The Kier molecular flexibility index (Phi) is 5.46. The normalized spacial score (nSPS) is 17.6. The van der Waals surface area contributed by atoms with Gasteiger partial charge in [-0.3, -0.25) is 9.59 Å². The first kappa shape index (κ1) is 22.0. The third-order valence-electron chi connectivity index (χ3n) is 6.78. The second kappa shape index (κ2) is 8.19. The number of halogens is 1. The van der Waals surface area contributed by atoms with E-state index in [-0.39, 0.29) is 11.8 Å². The number of nitrogens with zero attached hydrogens (tertiary/aromatic N) is 3. The average Bonchev–Trinajstić information content (AvgIpc) is 3.42. The molecule has 2 aromatic carbocycles. The fraction of sp³-hybridized carbons (Fsp3) is 0.385. The van der Waals surface area contributed by atoms with Crippen LogP contribution in [0.3, 0.4) is 0 Å². The zero-order valence-electron chi connectivity index (χ0n) is 18.9. The number of rotatable bonds is 4. The lowest BCUT2D eigenvalue weighted by Crippen LogP contribution is -2.53. The number of benzene rings is 2. The van der Waals surface area contributed by atoms with Gasteiger partial charge in [-0.05, 0) is 62.6 Å². The molecule has 1 aromatic heterocycles. The molecule has 0 spiro atoms. The lowest BCUT2D eigenvalue weighted by molar-refractivity contribution is -0.143. The van der Waals surface area contributed by atoms with Crippen molar-refractivity contribution >= 4 is 34.3 Å². The molecule has 1 saturated carbocycles. The highest BCUT2D eigenvalue weighted by molar-refractivity contribution is 6.33. The average molecular weight is 466 g/mol. The molecule has 1 aliphatic carbocycles. The maximum atomic E-state index is 13.0. The van der Waals surface area contributed by atoms with Gasteiger partial charge in [-0.15, -0.1) is 0 Å². The summed E-state index contributed by atoms with van der Waals surface area (Å²) >= 11 is 6.62. The van der Waals surface area contributed by atoms with Gasteiger partial charge in [0.05, 0.1) is 0 Å². The van der Waals surface area contributed by atoms with Gasteiger partial charge in [0.15, 0.2) is 0 Å². The third kappa shape index (κ3) is 4.02. The molecule has 0 bridgehead atoms. The molecule has 172 valence electrons. The van der Waals surface area contributed by atoms with E-state index in [2.05, 4.69) is 48.9 Å². The maximum Gasteiger partial charge on any atom is 0.254 e. The second-order valence-corrected chi connectivity index (χ2v) is 9.81. The van der Waals surface area contributed by atoms with E-state index in [0.29, 0.717) is 55.6 Å². The minimum atomic E-state index is -1.16. The summed E-state index contributed by atoms with van der Waals surface area (Å²) in [4.78, 5) is 28.8. The maximum absolute atomic E-state index is 13.0. The van der Waals surface area contributed by atoms with Gasteiger partial charge in [0.1, 0.15) is 5.60 Å². The number of fused-ring (bicyclic) bond motifs is 1. The fourth-order valence-electron chi connectivity index (χ4n) is 4.59. The Balaban J connectivity index is 1.30. The Hall–Kier alpha value is -2.83. The first-order valence-electron chi connectivity index (χ1n) is 11.5. The molecule has 2 aliphatic rings. The van der Waals surface area contributed by atoms with E-state index >= 15 is 0 Å². The van der Waals surface area contributed by atoms with Crippen molar-refractivity contribution in [1.82, 2.24) is 14.4 Å². The van der Waals surface area contributed by atoms with Gasteiger partial charge < -0.3 is 19.5 Å². The quantitative estimate of drug-likeness (QED) is 0.622. The molecule has 1 saturated heterocycles. The van der Waals surface area contributed by atoms with Crippen LogP contribution < -0.4 is 0 Å². The summed E-state index contributed by atoms with van der Waals surface area (Å²) in [5.41, 5.74) is 2.47. The van der Waals surface area contributed by atoms with E-state index in [1.165, 1.54) is 5.52 Å². The first-order valence-corrected chi connectivity index (χ1v) is 11.9. The molecule has 2 heterocycles. The minimum absolute atomic E-state index is 0.0925. The predicted octanol–water partition coefficient (Wildman–Crippen LogP) is 4.35. The van der Waals surface area contributed by atoms with Crippen molar-refractivity contribution in [3.05, 3.63) is 59.2 Å². The summed E-state index contributed by atoms with van der Waals surface area (Å²) in [6.07, 6.45) is 3.17. The van der Waals surface area contributed by atoms with Crippen molar-refractivity contribution in [2.45, 2.75) is 38.3 Å². The van der Waals surface area contributed by atoms with Crippen LogP contribution in [-0.2, 0) is 4.79 Å². The van der Waals surface area contributed by atoms with Crippen LogP contribution in [-0.4, -0.2) is 63.1 Å². The molecule has 0 unspecified atom stereocenters. The van der Waals surface area contributed by atoms with Crippen LogP contribution in [0.2, 0.25) is 5.02 Å². The third-order valence-corrected chi connectivity index (χ3v) is 7.09. The van der Waals surface area contributed by atoms with Crippen LogP contribution in [0.1, 0.15) is 43.1 Å². The fourth-order valence-corrected chi connectivity index (χ4v) is 4.88. The van der Waals surface area contributed by atoms with E-state index in [9.17, 15) is 14.7 Å². The number of carbonyl (C=O) groups excluding carboxylic acids is 2. The standard InChI is InChI=1S/C26H28ClN3O3/c1-17(2)30-10-7-19-15-18(4-6-23(19)30)21-5-3-20(16-22(21)27)24(31)28-11-13-29(14-12-28)25(32)26(33)8-9-26/h3-7,10,15-17,33H,8-9,11-14H2,1-2H3. The summed E-state index contributed by atoms with van der Waals surface area (Å²) in [6, 6.07) is 14.2. The highest BCUT2D eigenvalue weighted by Gasteiger charge is 2.50. The molecule has 3 aromatic rings. The number of piperazine rings is 1. The van der Waals surface area contributed by atoms with Gasteiger partial charge >= 0.3 is 0 Å². The lowest BCUT2D eigenvalue weighted by Gasteiger charge is -2.35. The number of hydrogen-bond donors (Lipinski definition) is 1. The minimum Gasteiger partial charge on any atom is -0.380 e. The van der Waals surface area contributed by atoms with Crippen LogP contribution in [0.4, 0.5) is 0 Å². The number of aromatic nitrogens is 1. The van der Waals surface area contributed by atoms with E-state index in [4.69, 9.17) is 11.6 Å². The van der Waals surface area contributed by atoms with E-state index in [0.717, 1.165) is 16.5 Å². The molecule has 7 heteroatoms. The number of carbonyl (C=O) groups is 2. The van der Waals surface area contributed by atoms with Crippen molar-refractivity contribution in [3.8, 4) is 11.1 Å². The van der Waals surface area contributed by atoms with E-state index < -0.39 is 5.60 Å². The molecule has 6 nitrogen and oxygen atoms in total. The van der Waals surface area contributed by atoms with Crippen molar-refractivity contribution in [3.63, 3.8) is 0 Å². The Labute approximate surface area is 198 Å². The number of hydrogen-bond acceptors (Lipinski definition) is 3. The summed E-state index contributed by atoms with van der Waals surface area (Å²) in [7, 11) is 0. The number of amides is 2. The highest BCUT2D eigenvalue weighted by atomic mass is 35.5. The monoisotopic (exact) mass is 465 g/mol. The second-order valence-electron chi connectivity index (χ2n) is 9.40. The van der Waals surface area contributed by atoms with Crippen molar-refractivity contribution in [2.75, 3.05) is 26.2 Å². The zero-order valence-corrected chi connectivity index (χ0v) is 19.7. The molecular formula is C26H28ClN3O3. The predicted molar refractivity (Wildman–Crippen MR) is 129 cm³/mol. The summed E-state index contributed by atoms with van der Waals surface area (Å²) in [5.74, 6) is -0.298. The lowest BCUT2D eigenvalue weighted by atomic mass is 10.0. The van der Waals surface area contributed by atoms with Crippen LogP contribution in [0, 0.1) is 0 Å². The first-order chi connectivity index (χ1) is 15.8. The molecule has 2 fully saturated rings. The Morgan fingerprint density at radius 1 is 0.970 bits per heavy atom. The van der Waals surface area contributed by atoms with Gasteiger partial charge in [0.25, 0.3) is 11.8 Å². The Morgan fingerprint density at radius 3 is 2.30 bits per heavy atom. The molecular weight excluding hydrogens is 438 g/mol. The molecule has 33 heavy (non-hydrogen) atoms. The molecule has 0 atom stereocenters. The van der Waals surface area contributed by atoms with Crippen LogP contribution >= 0.6 is 11.6 Å². The zero-order chi connectivity index (χ0) is 23.3. The van der Waals surface area contributed by atoms with Gasteiger partial charge in [-0.1, -0.05) is 23.7 Å². The van der Waals surface area contributed by atoms with Crippen molar-refractivity contribution < 1.29 is 14.7 Å². The number of aliphatic hydroxyl groups is 1. The van der Waals surface area contributed by atoms with E-state index in [1.807, 2.05) is 12.1 Å². The molecule has 0 radical (unpaired) electrons. The van der Waals surface area contributed by atoms with Crippen LogP contribution in [0.5, 0.6) is 0 Å². The molecule has 1 aliphatic heterocycles. The summed E-state index contributed by atoms with van der Waals surface area (Å²) in [5, 5.41) is 11.7. The molecule has 5 rings (SSSR count). The topological polar surface area (TPSA) is 65.8 Å². The Bertz CT molecular complexity index is 1240. The van der Waals surface area contributed by atoms with Gasteiger partial charge in [0, 0.05) is 65.5 Å². The van der Waals surface area contributed by atoms with Gasteiger partial charge in [-0.25, -0.2) is 0 Å². The van der Waals surface area contributed by atoms with Crippen LogP contribution in [0.25, 0.3) is 22.0 Å².